The van der Waals surface area contributed by atoms with Gasteiger partial charge in [-0.1, -0.05) is 66.4 Å². The van der Waals surface area contributed by atoms with E-state index in [4.69, 9.17) is 4.74 Å². The van der Waals surface area contributed by atoms with Crippen LogP contribution in [0.25, 0.3) is 11.1 Å². The number of ether oxygens (including phenoxy) is 1. The van der Waals surface area contributed by atoms with E-state index in [-0.39, 0.29) is 24.9 Å². The number of rotatable bonds is 3. The fourth-order valence-corrected chi connectivity index (χ4v) is 4.62. The van der Waals surface area contributed by atoms with Crippen LogP contribution in [0.2, 0.25) is 0 Å². The van der Waals surface area contributed by atoms with Crippen molar-refractivity contribution in [3.05, 3.63) is 94.5 Å². The summed E-state index contributed by atoms with van der Waals surface area (Å²) in [5, 5.41) is 2.69. The zero-order valence-electron chi connectivity index (χ0n) is 17.7. The van der Waals surface area contributed by atoms with Gasteiger partial charge >= 0.3 is 6.09 Å². The van der Waals surface area contributed by atoms with E-state index in [0.29, 0.717) is 6.42 Å². The zero-order valence-corrected chi connectivity index (χ0v) is 17.7. The molecule has 3 aromatic carbocycles. The van der Waals surface area contributed by atoms with Gasteiger partial charge in [-0.2, -0.15) is 0 Å². The Labute approximate surface area is 187 Å². The highest BCUT2D eigenvalue weighted by Crippen LogP contribution is 2.44. The molecule has 1 N–H and O–H groups in total. The van der Waals surface area contributed by atoms with Crippen LogP contribution in [0.15, 0.2) is 66.7 Å². The molecule has 1 amide bonds. The van der Waals surface area contributed by atoms with Crippen LogP contribution in [0.1, 0.15) is 51.4 Å². The predicted molar refractivity (Wildman–Crippen MR) is 124 cm³/mol. The number of carbonyl (C=O) groups is 2. The average Bonchev–Trinajstić information content (AvgIpc) is 3.15. The van der Waals surface area contributed by atoms with Gasteiger partial charge in [-0.3, -0.25) is 4.79 Å². The second-order valence-corrected chi connectivity index (χ2v) is 8.13. The fourth-order valence-electron chi connectivity index (χ4n) is 4.62. The van der Waals surface area contributed by atoms with Crippen molar-refractivity contribution < 1.29 is 14.3 Å². The number of Topliss-reactive ketones (excluding diaryl/α,β-unsaturated/α-hetero) is 1. The summed E-state index contributed by atoms with van der Waals surface area (Å²) < 4.78 is 5.52. The van der Waals surface area contributed by atoms with E-state index in [0.717, 1.165) is 29.5 Å². The SMILES string of the molecule is O=C(NCC#Cc1ccc2c(c1)C(=O)CCC2)OCC1c2ccccc2-c2ccccc21. The first kappa shape index (κ1) is 20.1. The Balaban J connectivity index is 1.18. The molecule has 2 aliphatic rings. The van der Waals surface area contributed by atoms with Crippen LogP contribution in [0, 0.1) is 11.8 Å². The first-order valence-electron chi connectivity index (χ1n) is 10.9. The number of fused-ring (bicyclic) bond motifs is 4. The molecule has 0 spiro atoms. The maximum absolute atomic E-state index is 12.2. The Morgan fingerprint density at radius 1 is 0.938 bits per heavy atom. The highest BCUT2D eigenvalue weighted by atomic mass is 16.5. The van der Waals surface area contributed by atoms with E-state index in [1.165, 1.54) is 22.3 Å². The van der Waals surface area contributed by atoms with E-state index in [2.05, 4.69) is 41.4 Å². The molecule has 0 bridgehead atoms. The molecule has 0 unspecified atom stereocenters. The molecule has 0 aliphatic heterocycles. The third-order valence-electron chi connectivity index (χ3n) is 6.16. The highest BCUT2D eigenvalue weighted by molar-refractivity contribution is 5.98. The quantitative estimate of drug-likeness (QED) is 0.599. The first-order chi connectivity index (χ1) is 15.7. The van der Waals surface area contributed by atoms with Gasteiger partial charge in [0.05, 0.1) is 6.54 Å². The van der Waals surface area contributed by atoms with E-state index in [1.807, 2.05) is 42.5 Å². The molecular formula is C28H23NO3. The fraction of sp³-hybridized carbons (Fsp3) is 0.214. The second kappa shape index (κ2) is 8.72. The Bertz CT molecular complexity index is 1220. The molecule has 0 aromatic heterocycles. The van der Waals surface area contributed by atoms with Crippen molar-refractivity contribution in [2.75, 3.05) is 13.2 Å². The Morgan fingerprint density at radius 2 is 1.66 bits per heavy atom. The van der Waals surface area contributed by atoms with Crippen molar-refractivity contribution >= 4 is 11.9 Å². The van der Waals surface area contributed by atoms with Gasteiger partial charge in [0.2, 0.25) is 0 Å². The van der Waals surface area contributed by atoms with Gasteiger partial charge in [0, 0.05) is 23.5 Å². The van der Waals surface area contributed by atoms with E-state index in [1.54, 1.807) is 0 Å². The van der Waals surface area contributed by atoms with Gasteiger partial charge in [0.15, 0.2) is 5.78 Å². The number of alkyl carbamates (subject to hydrolysis) is 1. The van der Waals surface area contributed by atoms with Crippen LogP contribution in [0.4, 0.5) is 4.79 Å². The lowest BCUT2D eigenvalue weighted by Crippen LogP contribution is -2.26. The number of hydrogen-bond donors (Lipinski definition) is 1. The monoisotopic (exact) mass is 421 g/mol. The molecule has 4 nitrogen and oxygen atoms in total. The molecule has 2 aliphatic carbocycles. The number of hydrogen-bond acceptors (Lipinski definition) is 3. The molecule has 0 radical (unpaired) electrons. The van der Waals surface area contributed by atoms with Crippen LogP contribution in [0.3, 0.4) is 0 Å². The van der Waals surface area contributed by atoms with Crippen molar-refractivity contribution in [2.24, 2.45) is 0 Å². The normalized spacial score (nSPS) is 13.9. The molecule has 5 rings (SSSR count). The smallest absolute Gasteiger partial charge is 0.407 e. The first-order valence-corrected chi connectivity index (χ1v) is 10.9. The maximum Gasteiger partial charge on any atom is 0.407 e. The largest absolute Gasteiger partial charge is 0.449 e. The molecule has 158 valence electrons. The summed E-state index contributed by atoms with van der Waals surface area (Å²) in [4.78, 5) is 24.3. The standard InChI is InChI=1S/C28H23NO3/c30-27-13-5-8-20-15-14-19(17-25(20)27)7-6-16-29-28(31)32-18-26-23-11-3-1-9-21(23)22-10-2-4-12-24(22)26/h1-4,9-12,14-15,17,26H,5,8,13,16,18H2,(H,29,31). The van der Waals surface area contributed by atoms with Gasteiger partial charge < -0.3 is 10.1 Å². The topological polar surface area (TPSA) is 55.4 Å². The summed E-state index contributed by atoms with van der Waals surface area (Å²) in [6, 6.07) is 22.3. The summed E-state index contributed by atoms with van der Waals surface area (Å²) >= 11 is 0. The lowest BCUT2D eigenvalue weighted by molar-refractivity contribution is 0.0972. The Morgan fingerprint density at radius 3 is 2.41 bits per heavy atom. The summed E-state index contributed by atoms with van der Waals surface area (Å²) in [5.74, 6) is 6.18. The van der Waals surface area contributed by atoms with Crippen LogP contribution < -0.4 is 5.32 Å². The number of aryl methyl sites for hydroxylation is 1. The summed E-state index contributed by atoms with van der Waals surface area (Å²) in [6.45, 7) is 0.460. The molecule has 0 saturated carbocycles. The van der Waals surface area contributed by atoms with Crippen molar-refractivity contribution in [1.29, 1.82) is 0 Å². The van der Waals surface area contributed by atoms with Crippen molar-refractivity contribution in [3.63, 3.8) is 0 Å². The van der Waals surface area contributed by atoms with Crippen molar-refractivity contribution in [1.82, 2.24) is 5.32 Å². The molecule has 0 fully saturated rings. The lowest BCUT2D eigenvalue weighted by atomic mass is 9.89. The number of amides is 1. The Kier molecular flexibility index (Phi) is 5.47. The number of carbonyl (C=O) groups excluding carboxylic acids is 2. The van der Waals surface area contributed by atoms with E-state index < -0.39 is 6.09 Å². The molecule has 3 aromatic rings. The minimum Gasteiger partial charge on any atom is -0.449 e. The van der Waals surface area contributed by atoms with E-state index in [9.17, 15) is 9.59 Å². The third kappa shape index (κ3) is 3.90. The van der Waals surface area contributed by atoms with Crippen LogP contribution >= 0.6 is 0 Å². The minimum atomic E-state index is -0.484. The molecule has 0 saturated heterocycles. The molecule has 0 atom stereocenters. The number of nitrogens with one attached hydrogen (secondary N) is 1. The lowest BCUT2D eigenvalue weighted by Gasteiger charge is -2.14. The highest BCUT2D eigenvalue weighted by Gasteiger charge is 2.28. The van der Waals surface area contributed by atoms with Gasteiger partial charge in [0.1, 0.15) is 6.61 Å². The summed E-state index contributed by atoms with van der Waals surface area (Å²) in [5.41, 5.74) is 7.44. The van der Waals surface area contributed by atoms with Crippen molar-refractivity contribution in [2.45, 2.75) is 25.2 Å². The molecule has 32 heavy (non-hydrogen) atoms. The van der Waals surface area contributed by atoms with Gasteiger partial charge in [0.25, 0.3) is 0 Å². The molecule has 0 heterocycles. The summed E-state index contributed by atoms with van der Waals surface area (Å²) in [7, 11) is 0. The predicted octanol–water partition coefficient (Wildman–Crippen LogP) is 5.10. The summed E-state index contributed by atoms with van der Waals surface area (Å²) in [6.07, 6.45) is 1.98. The van der Waals surface area contributed by atoms with Crippen LogP contribution in [-0.2, 0) is 11.2 Å². The maximum atomic E-state index is 12.2. The number of ketones is 1. The number of benzene rings is 3. The third-order valence-corrected chi connectivity index (χ3v) is 6.16. The van der Waals surface area contributed by atoms with Gasteiger partial charge in [-0.25, -0.2) is 4.79 Å². The zero-order chi connectivity index (χ0) is 21.9. The second-order valence-electron chi connectivity index (χ2n) is 8.13. The van der Waals surface area contributed by atoms with Gasteiger partial charge in [-0.15, -0.1) is 0 Å². The van der Waals surface area contributed by atoms with Crippen molar-refractivity contribution in [3.8, 4) is 23.0 Å². The average molecular weight is 421 g/mol. The molecule has 4 heteroatoms. The Hall–Kier alpha value is -3.84. The molecular weight excluding hydrogens is 398 g/mol. The van der Waals surface area contributed by atoms with E-state index >= 15 is 0 Å². The van der Waals surface area contributed by atoms with Crippen LogP contribution in [-0.4, -0.2) is 25.0 Å². The van der Waals surface area contributed by atoms with Gasteiger partial charge in [-0.05, 0) is 52.8 Å². The minimum absolute atomic E-state index is 0.0345. The van der Waals surface area contributed by atoms with Crippen LogP contribution in [0.5, 0.6) is 0 Å².